The van der Waals surface area contributed by atoms with Crippen molar-refractivity contribution in [3.63, 3.8) is 0 Å². The fraction of sp³-hybridized carbons (Fsp3) is 1.00. The molecule has 2 atom stereocenters. The van der Waals surface area contributed by atoms with Crippen LogP contribution in [-0.2, 0) is 0 Å². The molecule has 0 aromatic heterocycles. The van der Waals surface area contributed by atoms with Crippen LogP contribution in [0.1, 0.15) is 90.9 Å². The molecule has 2 nitrogen and oxygen atoms in total. The monoisotopic (exact) mass is 272 g/mol. The fourth-order valence-electron chi connectivity index (χ4n) is 2.74. The Hall–Kier alpha value is -0.0800. The standard InChI is InChI=1S/C17H36O2/c1-3-5-7-9-11-13-16(14-17(19)15-18)12-10-8-6-4-2/h16-19H,3-15H2,1-2H3/t16?,17-/m1/s1. The van der Waals surface area contributed by atoms with Gasteiger partial charge in [0.15, 0.2) is 0 Å². The molecular weight excluding hydrogens is 236 g/mol. The summed E-state index contributed by atoms with van der Waals surface area (Å²) in [7, 11) is 0. The van der Waals surface area contributed by atoms with Crippen LogP contribution in [0.25, 0.3) is 0 Å². The SMILES string of the molecule is CCCCCCCC(CCCCCC)C[C@@H](O)CO. The van der Waals surface area contributed by atoms with E-state index in [1.165, 1.54) is 70.6 Å². The van der Waals surface area contributed by atoms with E-state index in [0.717, 1.165) is 6.42 Å². The first kappa shape index (κ1) is 18.9. The van der Waals surface area contributed by atoms with E-state index in [1.807, 2.05) is 0 Å². The summed E-state index contributed by atoms with van der Waals surface area (Å²) >= 11 is 0. The Morgan fingerprint density at radius 1 is 0.737 bits per heavy atom. The van der Waals surface area contributed by atoms with Gasteiger partial charge in [-0.1, -0.05) is 84.5 Å². The number of rotatable bonds is 14. The highest BCUT2D eigenvalue weighted by molar-refractivity contribution is 4.66. The van der Waals surface area contributed by atoms with Gasteiger partial charge in [0.2, 0.25) is 0 Å². The molecule has 1 unspecified atom stereocenters. The summed E-state index contributed by atoms with van der Waals surface area (Å²) in [4.78, 5) is 0. The molecule has 0 aliphatic rings. The molecular formula is C17H36O2. The number of hydrogen-bond donors (Lipinski definition) is 2. The molecule has 116 valence electrons. The topological polar surface area (TPSA) is 40.5 Å². The van der Waals surface area contributed by atoms with Crippen LogP contribution in [0.15, 0.2) is 0 Å². The summed E-state index contributed by atoms with van der Waals surface area (Å²) in [5.74, 6) is 0.612. The second-order valence-corrected chi connectivity index (χ2v) is 5.99. The molecule has 0 saturated heterocycles. The van der Waals surface area contributed by atoms with Gasteiger partial charge in [0.05, 0.1) is 12.7 Å². The highest BCUT2D eigenvalue weighted by atomic mass is 16.3. The third-order valence-corrected chi connectivity index (χ3v) is 4.00. The Labute approximate surface area is 120 Å². The minimum atomic E-state index is -0.508. The van der Waals surface area contributed by atoms with Gasteiger partial charge in [0.25, 0.3) is 0 Å². The van der Waals surface area contributed by atoms with Gasteiger partial charge < -0.3 is 10.2 Å². The van der Waals surface area contributed by atoms with Gasteiger partial charge in [0, 0.05) is 0 Å². The second kappa shape index (κ2) is 14.3. The maximum absolute atomic E-state index is 9.62. The number of unbranched alkanes of at least 4 members (excludes halogenated alkanes) is 7. The number of aliphatic hydroxyl groups excluding tert-OH is 2. The van der Waals surface area contributed by atoms with E-state index < -0.39 is 6.10 Å². The van der Waals surface area contributed by atoms with E-state index in [4.69, 9.17) is 5.11 Å². The summed E-state index contributed by atoms with van der Waals surface area (Å²) in [6.45, 7) is 4.40. The lowest BCUT2D eigenvalue weighted by Gasteiger charge is -2.19. The van der Waals surface area contributed by atoms with Crippen molar-refractivity contribution in [2.24, 2.45) is 5.92 Å². The van der Waals surface area contributed by atoms with Crippen molar-refractivity contribution < 1.29 is 10.2 Å². The van der Waals surface area contributed by atoms with Crippen LogP contribution in [0.2, 0.25) is 0 Å². The van der Waals surface area contributed by atoms with Crippen molar-refractivity contribution in [2.75, 3.05) is 6.61 Å². The Bertz CT molecular complexity index is 171. The predicted molar refractivity (Wildman–Crippen MR) is 83.3 cm³/mol. The van der Waals surface area contributed by atoms with Crippen molar-refractivity contribution in [3.8, 4) is 0 Å². The third-order valence-electron chi connectivity index (χ3n) is 4.00. The van der Waals surface area contributed by atoms with Gasteiger partial charge in [0.1, 0.15) is 0 Å². The normalized spacial score (nSPS) is 14.5. The van der Waals surface area contributed by atoms with Crippen molar-refractivity contribution >= 4 is 0 Å². The molecule has 0 fully saturated rings. The van der Waals surface area contributed by atoms with Crippen LogP contribution in [0.3, 0.4) is 0 Å². The zero-order chi connectivity index (χ0) is 14.3. The van der Waals surface area contributed by atoms with Gasteiger partial charge >= 0.3 is 0 Å². The third kappa shape index (κ3) is 12.7. The molecule has 19 heavy (non-hydrogen) atoms. The average molecular weight is 272 g/mol. The first-order valence-electron chi connectivity index (χ1n) is 8.53. The molecule has 0 bridgehead atoms. The van der Waals surface area contributed by atoms with E-state index in [1.54, 1.807) is 0 Å². The van der Waals surface area contributed by atoms with E-state index in [-0.39, 0.29) is 6.61 Å². The zero-order valence-electron chi connectivity index (χ0n) is 13.2. The van der Waals surface area contributed by atoms with Crippen LogP contribution < -0.4 is 0 Å². The summed E-state index contributed by atoms with van der Waals surface area (Å²) in [6.07, 6.45) is 14.5. The Morgan fingerprint density at radius 2 is 1.21 bits per heavy atom. The predicted octanol–water partition coefficient (Wildman–Crippen LogP) is 4.68. The largest absolute Gasteiger partial charge is 0.394 e. The number of hydrogen-bond acceptors (Lipinski definition) is 2. The van der Waals surface area contributed by atoms with E-state index in [0.29, 0.717) is 5.92 Å². The second-order valence-electron chi connectivity index (χ2n) is 5.99. The Balaban J connectivity index is 3.76. The molecule has 0 saturated carbocycles. The lowest BCUT2D eigenvalue weighted by atomic mass is 9.90. The molecule has 0 aromatic rings. The van der Waals surface area contributed by atoms with Crippen LogP contribution in [0.4, 0.5) is 0 Å². The Morgan fingerprint density at radius 3 is 1.68 bits per heavy atom. The van der Waals surface area contributed by atoms with Crippen molar-refractivity contribution in [2.45, 2.75) is 97.0 Å². The first-order valence-corrected chi connectivity index (χ1v) is 8.53. The van der Waals surface area contributed by atoms with E-state index >= 15 is 0 Å². The average Bonchev–Trinajstić information content (AvgIpc) is 2.42. The molecule has 0 spiro atoms. The molecule has 0 aliphatic carbocycles. The maximum atomic E-state index is 9.62. The first-order chi connectivity index (χ1) is 9.24. The molecule has 0 amide bonds. The summed E-state index contributed by atoms with van der Waals surface area (Å²) in [5, 5.41) is 18.6. The lowest BCUT2D eigenvalue weighted by molar-refractivity contribution is 0.0705. The fourth-order valence-corrected chi connectivity index (χ4v) is 2.74. The van der Waals surface area contributed by atoms with Crippen molar-refractivity contribution in [3.05, 3.63) is 0 Å². The van der Waals surface area contributed by atoms with Crippen LogP contribution in [0, 0.1) is 5.92 Å². The summed E-state index contributed by atoms with van der Waals surface area (Å²) in [5.41, 5.74) is 0. The van der Waals surface area contributed by atoms with E-state index in [9.17, 15) is 5.11 Å². The number of aliphatic hydroxyl groups is 2. The smallest absolute Gasteiger partial charge is 0.0773 e. The molecule has 2 heteroatoms. The van der Waals surface area contributed by atoms with Crippen molar-refractivity contribution in [1.82, 2.24) is 0 Å². The zero-order valence-corrected chi connectivity index (χ0v) is 13.2. The maximum Gasteiger partial charge on any atom is 0.0773 e. The van der Waals surface area contributed by atoms with Crippen LogP contribution in [-0.4, -0.2) is 22.9 Å². The van der Waals surface area contributed by atoms with Gasteiger partial charge in [-0.2, -0.15) is 0 Å². The quantitative estimate of drug-likeness (QED) is 0.451. The minimum absolute atomic E-state index is 0.0820. The summed E-state index contributed by atoms with van der Waals surface area (Å²) in [6, 6.07) is 0. The molecule has 2 N–H and O–H groups in total. The molecule has 0 rings (SSSR count). The Kier molecular flexibility index (Phi) is 14.3. The molecule has 0 aliphatic heterocycles. The van der Waals surface area contributed by atoms with Gasteiger partial charge in [-0.25, -0.2) is 0 Å². The highest BCUT2D eigenvalue weighted by Crippen LogP contribution is 2.23. The van der Waals surface area contributed by atoms with Gasteiger partial charge in [-0.15, -0.1) is 0 Å². The van der Waals surface area contributed by atoms with Crippen molar-refractivity contribution in [1.29, 1.82) is 0 Å². The van der Waals surface area contributed by atoms with Crippen LogP contribution in [0.5, 0.6) is 0 Å². The molecule has 0 radical (unpaired) electrons. The summed E-state index contributed by atoms with van der Waals surface area (Å²) < 4.78 is 0. The molecule has 0 heterocycles. The minimum Gasteiger partial charge on any atom is -0.394 e. The lowest BCUT2D eigenvalue weighted by Crippen LogP contribution is -2.17. The highest BCUT2D eigenvalue weighted by Gasteiger charge is 2.13. The van der Waals surface area contributed by atoms with Gasteiger partial charge in [-0.05, 0) is 12.3 Å². The van der Waals surface area contributed by atoms with Gasteiger partial charge in [-0.3, -0.25) is 0 Å². The van der Waals surface area contributed by atoms with E-state index in [2.05, 4.69) is 13.8 Å². The van der Waals surface area contributed by atoms with Crippen LogP contribution >= 0.6 is 0 Å². The molecule has 0 aromatic carbocycles.